The van der Waals surface area contributed by atoms with Gasteiger partial charge in [-0.1, -0.05) is 0 Å². The Labute approximate surface area is 91.1 Å². The lowest BCUT2D eigenvalue weighted by molar-refractivity contribution is 0.206. The van der Waals surface area contributed by atoms with Crippen LogP contribution in [0.2, 0.25) is 0 Å². The predicted molar refractivity (Wildman–Crippen MR) is 62.0 cm³/mol. The molecule has 15 heavy (non-hydrogen) atoms. The van der Waals surface area contributed by atoms with Crippen molar-refractivity contribution in [2.24, 2.45) is 5.73 Å². The number of aromatic nitrogens is 1. The number of pyridine rings is 1. The fourth-order valence-corrected chi connectivity index (χ4v) is 1.49. The number of nitrogens with two attached hydrogens (primary N) is 1. The summed E-state index contributed by atoms with van der Waals surface area (Å²) in [7, 11) is 3.70. The molecule has 1 heterocycles. The van der Waals surface area contributed by atoms with E-state index in [1.54, 1.807) is 7.11 Å². The number of hydrogen-bond acceptors (Lipinski definition) is 4. The zero-order valence-electron chi connectivity index (χ0n) is 9.66. The first-order valence-electron chi connectivity index (χ1n) is 5.05. The normalized spacial score (nSPS) is 10.4. The van der Waals surface area contributed by atoms with Crippen molar-refractivity contribution in [3.05, 3.63) is 23.4 Å². The summed E-state index contributed by atoms with van der Waals surface area (Å²) in [4.78, 5) is 6.42. The maximum Gasteiger partial charge on any atom is 0.133 e. The molecule has 4 heteroatoms. The lowest BCUT2D eigenvalue weighted by Gasteiger charge is -2.21. The van der Waals surface area contributed by atoms with E-state index in [2.05, 4.69) is 16.8 Å². The van der Waals surface area contributed by atoms with E-state index in [9.17, 15) is 0 Å². The highest BCUT2D eigenvalue weighted by atomic mass is 16.5. The highest BCUT2D eigenvalue weighted by molar-refractivity contribution is 5.49. The average Bonchev–Trinajstić information content (AvgIpc) is 2.25. The summed E-state index contributed by atoms with van der Waals surface area (Å²) < 4.78 is 5.04. The van der Waals surface area contributed by atoms with Gasteiger partial charge in [-0.2, -0.15) is 0 Å². The Balaban J connectivity index is 2.87. The van der Waals surface area contributed by atoms with Crippen LogP contribution in [0.1, 0.15) is 11.1 Å². The zero-order valence-corrected chi connectivity index (χ0v) is 9.66. The predicted octanol–water partition coefficient (Wildman–Crippen LogP) is 0.931. The molecule has 0 aromatic carbocycles. The van der Waals surface area contributed by atoms with E-state index < -0.39 is 0 Å². The second-order valence-corrected chi connectivity index (χ2v) is 3.55. The van der Waals surface area contributed by atoms with Gasteiger partial charge in [-0.05, 0) is 18.6 Å². The number of rotatable bonds is 5. The van der Waals surface area contributed by atoms with E-state index >= 15 is 0 Å². The van der Waals surface area contributed by atoms with Crippen LogP contribution in [0, 0.1) is 6.92 Å². The molecule has 0 fully saturated rings. The molecule has 0 unspecified atom stereocenters. The molecular formula is C11H19N3O. The van der Waals surface area contributed by atoms with Gasteiger partial charge in [-0.3, -0.25) is 0 Å². The van der Waals surface area contributed by atoms with E-state index in [-0.39, 0.29) is 0 Å². The minimum Gasteiger partial charge on any atom is -0.383 e. The molecule has 0 radical (unpaired) electrons. The maximum absolute atomic E-state index is 5.72. The second-order valence-electron chi connectivity index (χ2n) is 3.55. The van der Waals surface area contributed by atoms with Crippen LogP contribution in [0.5, 0.6) is 0 Å². The molecule has 2 N–H and O–H groups in total. The van der Waals surface area contributed by atoms with Crippen LogP contribution >= 0.6 is 0 Å². The number of likely N-dealkylation sites (N-methyl/N-ethyl adjacent to an activating group) is 1. The Bertz CT molecular complexity index is 315. The van der Waals surface area contributed by atoms with Gasteiger partial charge in [-0.25, -0.2) is 4.98 Å². The number of hydrogen-bond donors (Lipinski definition) is 1. The van der Waals surface area contributed by atoms with Crippen LogP contribution in [0.3, 0.4) is 0 Å². The van der Waals surface area contributed by atoms with Gasteiger partial charge in [0.15, 0.2) is 0 Å². The highest BCUT2D eigenvalue weighted by Crippen LogP contribution is 2.18. The Hall–Kier alpha value is -1.13. The number of methoxy groups -OCH3 is 1. The third kappa shape index (κ3) is 2.91. The number of nitrogens with zero attached hydrogens (tertiary/aromatic N) is 2. The molecule has 0 aliphatic carbocycles. The lowest BCUT2D eigenvalue weighted by atomic mass is 10.1. The first-order valence-corrected chi connectivity index (χ1v) is 5.05. The highest BCUT2D eigenvalue weighted by Gasteiger charge is 2.09. The summed E-state index contributed by atoms with van der Waals surface area (Å²) in [6.45, 7) is 4.08. The summed E-state index contributed by atoms with van der Waals surface area (Å²) in [5, 5.41) is 0. The standard InChI is InChI=1S/C11H19N3O/c1-9-4-5-13-11(10(9)8-12)14(2)6-7-15-3/h4-5H,6-8,12H2,1-3H3. The Kier molecular flexibility index (Phi) is 4.52. The molecule has 0 bridgehead atoms. The fourth-order valence-electron chi connectivity index (χ4n) is 1.49. The van der Waals surface area contributed by atoms with Gasteiger partial charge in [-0.15, -0.1) is 0 Å². The van der Waals surface area contributed by atoms with E-state index in [0.717, 1.165) is 17.9 Å². The van der Waals surface area contributed by atoms with Crippen molar-refractivity contribution < 1.29 is 4.74 Å². The number of anilines is 1. The molecule has 0 aliphatic heterocycles. The molecule has 1 aromatic rings. The van der Waals surface area contributed by atoms with Crippen LogP contribution in [0.25, 0.3) is 0 Å². The van der Waals surface area contributed by atoms with Gasteiger partial charge in [0.2, 0.25) is 0 Å². The van der Waals surface area contributed by atoms with E-state index in [4.69, 9.17) is 10.5 Å². The lowest BCUT2D eigenvalue weighted by Crippen LogP contribution is -2.25. The molecule has 0 saturated heterocycles. The van der Waals surface area contributed by atoms with Crippen molar-refractivity contribution in [2.45, 2.75) is 13.5 Å². The molecule has 84 valence electrons. The van der Waals surface area contributed by atoms with Crippen LogP contribution in [0.15, 0.2) is 12.3 Å². The third-order valence-corrected chi connectivity index (χ3v) is 2.46. The van der Waals surface area contributed by atoms with Gasteiger partial charge in [0.25, 0.3) is 0 Å². The first kappa shape index (κ1) is 11.9. The van der Waals surface area contributed by atoms with Crippen molar-refractivity contribution >= 4 is 5.82 Å². The fraction of sp³-hybridized carbons (Fsp3) is 0.545. The minimum absolute atomic E-state index is 0.520. The molecular weight excluding hydrogens is 190 g/mol. The number of aryl methyl sites for hydroxylation is 1. The van der Waals surface area contributed by atoms with Gasteiger partial charge in [0.1, 0.15) is 5.82 Å². The van der Waals surface area contributed by atoms with Crippen molar-refractivity contribution in [1.82, 2.24) is 4.98 Å². The second kappa shape index (κ2) is 5.68. The first-order chi connectivity index (χ1) is 7.20. The number of ether oxygens (including phenoxy) is 1. The monoisotopic (exact) mass is 209 g/mol. The van der Waals surface area contributed by atoms with Crippen LogP contribution in [-0.4, -0.2) is 32.3 Å². The van der Waals surface area contributed by atoms with Crippen molar-refractivity contribution in [2.75, 3.05) is 32.2 Å². The van der Waals surface area contributed by atoms with Gasteiger partial charge >= 0.3 is 0 Å². The molecule has 1 rings (SSSR count). The molecule has 0 saturated carbocycles. The third-order valence-electron chi connectivity index (χ3n) is 2.46. The zero-order chi connectivity index (χ0) is 11.3. The largest absolute Gasteiger partial charge is 0.383 e. The van der Waals surface area contributed by atoms with Crippen molar-refractivity contribution in [3.63, 3.8) is 0 Å². The van der Waals surface area contributed by atoms with E-state index in [1.165, 1.54) is 5.56 Å². The Morgan fingerprint density at radius 3 is 2.87 bits per heavy atom. The summed E-state index contributed by atoms with van der Waals surface area (Å²) in [6, 6.07) is 1.98. The van der Waals surface area contributed by atoms with E-state index in [0.29, 0.717) is 13.2 Å². The topological polar surface area (TPSA) is 51.4 Å². The molecule has 1 aromatic heterocycles. The molecule has 0 spiro atoms. The molecule has 0 atom stereocenters. The van der Waals surface area contributed by atoms with Crippen LogP contribution < -0.4 is 10.6 Å². The molecule has 4 nitrogen and oxygen atoms in total. The molecule has 0 aliphatic rings. The van der Waals surface area contributed by atoms with Crippen LogP contribution in [0.4, 0.5) is 5.82 Å². The summed E-state index contributed by atoms with van der Waals surface area (Å²) >= 11 is 0. The summed E-state index contributed by atoms with van der Waals surface area (Å²) in [5.74, 6) is 0.953. The smallest absolute Gasteiger partial charge is 0.133 e. The summed E-state index contributed by atoms with van der Waals surface area (Å²) in [6.07, 6.45) is 1.81. The summed E-state index contributed by atoms with van der Waals surface area (Å²) in [5.41, 5.74) is 8.01. The molecule has 0 amide bonds. The average molecular weight is 209 g/mol. The quantitative estimate of drug-likeness (QED) is 0.784. The maximum atomic E-state index is 5.72. The Morgan fingerprint density at radius 1 is 1.53 bits per heavy atom. The van der Waals surface area contributed by atoms with Crippen molar-refractivity contribution in [3.8, 4) is 0 Å². The van der Waals surface area contributed by atoms with E-state index in [1.807, 2.05) is 19.3 Å². The minimum atomic E-state index is 0.520. The SMILES string of the molecule is COCCN(C)c1nccc(C)c1CN. The van der Waals surface area contributed by atoms with Crippen molar-refractivity contribution in [1.29, 1.82) is 0 Å². The van der Waals surface area contributed by atoms with Gasteiger partial charge in [0, 0.05) is 39.0 Å². The van der Waals surface area contributed by atoms with Gasteiger partial charge < -0.3 is 15.4 Å². The van der Waals surface area contributed by atoms with Crippen LogP contribution in [-0.2, 0) is 11.3 Å². The Morgan fingerprint density at radius 2 is 2.27 bits per heavy atom. The van der Waals surface area contributed by atoms with Gasteiger partial charge in [0.05, 0.1) is 6.61 Å².